The first-order valence-corrected chi connectivity index (χ1v) is 8.21. The van der Waals surface area contributed by atoms with Gasteiger partial charge < -0.3 is 9.32 Å². The number of fused-ring (bicyclic) bond motifs is 1. The topological polar surface area (TPSA) is 42.2 Å². The quantitative estimate of drug-likeness (QED) is 0.536. The van der Waals surface area contributed by atoms with Crippen LogP contribution in [0.4, 0.5) is 9.52 Å². The fourth-order valence-electron chi connectivity index (χ4n) is 2.51. The Morgan fingerprint density at radius 1 is 1.04 bits per heavy atom. The second-order valence-corrected chi connectivity index (χ2v) is 6.62. The Hall–Kier alpha value is -2.73. The summed E-state index contributed by atoms with van der Waals surface area (Å²) in [6.07, 6.45) is 1.41. The lowest BCUT2D eigenvalue weighted by atomic mass is 10.1. The number of hydrogen-bond acceptors (Lipinski definition) is 5. The minimum atomic E-state index is -0.272. The number of nitrogens with zero attached hydrogens (tertiary/aromatic N) is 3. The maximum absolute atomic E-state index is 13.1. The van der Waals surface area contributed by atoms with E-state index in [4.69, 9.17) is 4.42 Å². The molecule has 0 aliphatic carbocycles. The van der Waals surface area contributed by atoms with E-state index in [2.05, 4.69) is 9.97 Å². The van der Waals surface area contributed by atoms with Gasteiger partial charge in [0.05, 0.1) is 10.2 Å². The van der Waals surface area contributed by atoms with E-state index in [1.807, 2.05) is 37.2 Å². The van der Waals surface area contributed by atoms with Crippen LogP contribution in [-0.2, 0) is 0 Å². The number of halogens is 1. The number of benzene rings is 2. The molecule has 0 saturated carbocycles. The molecule has 24 heavy (non-hydrogen) atoms. The molecule has 0 atom stereocenters. The number of anilines is 1. The van der Waals surface area contributed by atoms with Crippen LogP contribution in [0.3, 0.4) is 0 Å². The smallest absolute Gasteiger partial charge is 0.185 e. The summed E-state index contributed by atoms with van der Waals surface area (Å²) in [5.74, 6) is 0.398. The molecular formula is C18H14FN3OS. The van der Waals surface area contributed by atoms with Crippen LogP contribution in [0.2, 0.25) is 0 Å². The summed E-state index contributed by atoms with van der Waals surface area (Å²) >= 11 is 1.62. The number of thiazole rings is 1. The van der Waals surface area contributed by atoms with Crippen molar-refractivity contribution in [2.45, 2.75) is 0 Å². The number of rotatable bonds is 3. The van der Waals surface area contributed by atoms with Gasteiger partial charge in [-0.15, -0.1) is 0 Å². The molecule has 0 aliphatic heterocycles. The molecule has 0 radical (unpaired) electrons. The zero-order chi connectivity index (χ0) is 16.7. The van der Waals surface area contributed by atoms with Crippen LogP contribution in [-0.4, -0.2) is 24.1 Å². The summed E-state index contributed by atoms with van der Waals surface area (Å²) in [6, 6.07) is 12.2. The van der Waals surface area contributed by atoms with Gasteiger partial charge in [-0.1, -0.05) is 11.3 Å². The Balaban J connectivity index is 1.80. The van der Waals surface area contributed by atoms with Gasteiger partial charge in [0.15, 0.2) is 17.3 Å². The molecule has 4 nitrogen and oxygen atoms in total. The van der Waals surface area contributed by atoms with Crippen molar-refractivity contribution in [3.8, 4) is 22.6 Å². The Morgan fingerprint density at radius 2 is 1.79 bits per heavy atom. The van der Waals surface area contributed by atoms with Crippen LogP contribution in [0.5, 0.6) is 0 Å². The highest BCUT2D eigenvalue weighted by atomic mass is 32.1. The molecule has 0 bridgehead atoms. The Labute approximate surface area is 142 Å². The first-order valence-electron chi connectivity index (χ1n) is 7.39. The van der Waals surface area contributed by atoms with Gasteiger partial charge >= 0.3 is 0 Å². The summed E-state index contributed by atoms with van der Waals surface area (Å²) in [7, 11) is 3.95. The zero-order valence-corrected chi connectivity index (χ0v) is 14.0. The van der Waals surface area contributed by atoms with E-state index in [0.29, 0.717) is 11.5 Å². The Kier molecular flexibility index (Phi) is 3.54. The molecule has 4 rings (SSSR count). The van der Waals surface area contributed by atoms with Crippen molar-refractivity contribution in [1.82, 2.24) is 9.97 Å². The van der Waals surface area contributed by atoms with Gasteiger partial charge in [0.1, 0.15) is 11.5 Å². The molecular weight excluding hydrogens is 325 g/mol. The minimum absolute atomic E-state index is 0.272. The second-order valence-electron chi connectivity index (χ2n) is 5.61. The second kappa shape index (κ2) is 5.72. The van der Waals surface area contributed by atoms with E-state index in [1.165, 1.54) is 18.5 Å². The van der Waals surface area contributed by atoms with Crippen molar-refractivity contribution in [3.05, 3.63) is 54.7 Å². The molecule has 4 aromatic rings. The first kappa shape index (κ1) is 14.8. The molecule has 0 unspecified atom stereocenters. The first-order chi connectivity index (χ1) is 11.6. The van der Waals surface area contributed by atoms with E-state index >= 15 is 0 Å². The van der Waals surface area contributed by atoms with Crippen LogP contribution in [0.15, 0.2) is 53.3 Å². The highest BCUT2D eigenvalue weighted by Crippen LogP contribution is 2.35. The monoisotopic (exact) mass is 339 g/mol. The average molecular weight is 339 g/mol. The molecule has 120 valence electrons. The lowest BCUT2D eigenvalue weighted by Gasteiger charge is -2.04. The largest absolute Gasteiger partial charge is 0.443 e. The zero-order valence-electron chi connectivity index (χ0n) is 13.2. The maximum Gasteiger partial charge on any atom is 0.185 e. The van der Waals surface area contributed by atoms with E-state index in [1.54, 1.807) is 23.5 Å². The van der Waals surface area contributed by atoms with Crippen molar-refractivity contribution in [1.29, 1.82) is 0 Å². The van der Waals surface area contributed by atoms with Crippen molar-refractivity contribution < 1.29 is 8.81 Å². The van der Waals surface area contributed by atoms with Gasteiger partial charge in [-0.25, -0.2) is 14.4 Å². The summed E-state index contributed by atoms with van der Waals surface area (Å²) < 4.78 is 19.8. The standard InChI is InChI=1S/C18H14FN3OS/c1-22(2)18-21-14-8-5-12(9-15(14)24-18)17-16(20-10-23-17)11-3-6-13(19)7-4-11/h3-10H,1-2H3. The van der Waals surface area contributed by atoms with Gasteiger partial charge in [0, 0.05) is 25.2 Å². The molecule has 2 aromatic heterocycles. The summed E-state index contributed by atoms with van der Waals surface area (Å²) in [4.78, 5) is 10.9. The summed E-state index contributed by atoms with van der Waals surface area (Å²) in [6.45, 7) is 0. The SMILES string of the molecule is CN(C)c1nc2ccc(-c3ocnc3-c3ccc(F)cc3)cc2s1. The molecule has 0 aliphatic rings. The summed E-state index contributed by atoms with van der Waals surface area (Å²) in [5.41, 5.74) is 3.40. The van der Waals surface area contributed by atoms with E-state index < -0.39 is 0 Å². The lowest BCUT2D eigenvalue weighted by Crippen LogP contribution is -2.07. The Morgan fingerprint density at radius 3 is 2.54 bits per heavy atom. The third-order valence-electron chi connectivity index (χ3n) is 3.71. The van der Waals surface area contributed by atoms with E-state index in [-0.39, 0.29) is 5.82 Å². The third kappa shape index (κ3) is 2.55. The highest BCUT2D eigenvalue weighted by molar-refractivity contribution is 7.22. The lowest BCUT2D eigenvalue weighted by molar-refractivity contribution is 0.572. The Bertz CT molecular complexity index is 1000. The van der Waals surface area contributed by atoms with E-state index in [9.17, 15) is 4.39 Å². The maximum atomic E-state index is 13.1. The molecule has 0 fully saturated rings. The fourth-order valence-corrected chi connectivity index (χ4v) is 3.44. The normalized spacial score (nSPS) is 11.1. The van der Waals surface area contributed by atoms with Gasteiger partial charge in [-0.05, 0) is 42.5 Å². The van der Waals surface area contributed by atoms with Gasteiger partial charge in [0.2, 0.25) is 0 Å². The van der Waals surface area contributed by atoms with E-state index in [0.717, 1.165) is 26.5 Å². The van der Waals surface area contributed by atoms with Gasteiger partial charge in [-0.2, -0.15) is 0 Å². The van der Waals surface area contributed by atoms with Crippen LogP contribution >= 0.6 is 11.3 Å². The number of hydrogen-bond donors (Lipinski definition) is 0. The van der Waals surface area contributed by atoms with Gasteiger partial charge in [0.25, 0.3) is 0 Å². The van der Waals surface area contributed by atoms with Gasteiger partial charge in [-0.3, -0.25) is 0 Å². The molecule has 0 spiro atoms. The molecule has 2 heterocycles. The predicted octanol–water partition coefficient (Wildman–Crippen LogP) is 4.82. The van der Waals surface area contributed by atoms with Crippen LogP contribution in [0.25, 0.3) is 32.8 Å². The van der Waals surface area contributed by atoms with Crippen molar-refractivity contribution in [2.24, 2.45) is 0 Å². The molecule has 0 amide bonds. The third-order valence-corrected chi connectivity index (χ3v) is 4.89. The fraction of sp³-hybridized carbons (Fsp3) is 0.111. The number of oxazole rings is 1. The van der Waals surface area contributed by atoms with Crippen molar-refractivity contribution in [3.63, 3.8) is 0 Å². The number of aromatic nitrogens is 2. The van der Waals surface area contributed by atoms with Crippen molar-refractivity contribution >= 4 is 26.7 Å². The molecule has 6 heteroatoms. The molecule has 0 N–H and O–H groups in total. The average Bonchev–Trinajstić information content (AvgIpc) is 3.21. The highest BCUT2D eigenvalue weighted by Gasteiger charge is 2.15. The van der Waals surface area contributed by atoms with Crippen LogP contribution in [0, 0.1) is 5.82 Å². The minimum Gasteiger partial charge on any atom is -0.443 e. The molecule has 0 saturated heterocycles. The summed E-state index contributed by atoms with van der Waals surface area (Å²) in [5, 5.41) is 0.957. The predicted molar refractivity (Wildman–Crippen MR) is 94.8 cm³/mol. The van der Waals surface area contributed by atoms with Crippen LogP contribution in [0.1, 0.15) is 0 Å². The van der Waals surface area contributed by atoms with Crippen molar-refractivity contribution in [2.75, 3.05) is 19.0 Å². The molecule has 2 aromatic carbocycles. The van der Waals surface area contributed by atoms with Crippen LogP contribution < -0.4 is 4.90 Å².